The lowest BCUT2D eigenvalue weighted by molar-refractivity contribution is -0.142. The molecule has 7 nitrogen and oxygen atoms in total. The van der Waals surface area contributed by atoms with Crippen LogP contribution in [0.2, 0.25) is 0 Å². The summed E-state index contributed by atoms with van der Waals surface area (Å²) in [7, 11) is 0. The Morgan fingerprint density at radius 2 is 1.67 bits per heavy atom. The van der Waals surface area contributed by atoms with Crippen molar-refractivity contribution in [3.63, 3.8) is 0 Å². The van der Waals surface area contributed by atoms with E-state index in [1.165, 1.54) is 11.1 Å². The number of carbonyl (C=O) groups is 3. The lowest BCUT2D eigenvalue weighted by atomic mass is 9.91. The molecule has 7 heteroatoms. The van der Waals surface area contributed by atoms with E-state index in [0.29, 0.717) is 25.8 Å². The molecule has 172 valence electrons. The fraction of sp³-hybridized carbons (Fsp3) is 0.346. The molecule has 0 saturated carbocycles. The molecule has 0 spiro atoms. The molecule has 0 unspecified atom stereocenters. The second kappa shape index (κ2) is 10.3. The number of carbonyl (C=O) groups excluding carboxylic acids is 2. The molecule has 0 aromatic heterocycles. The number of allylic oxidation sites excluding steroid dienone is 1. The number of benzene rings is 2. The Balaban J connectivity index is 1.18. The minimum absolute atomic E-state index is 0.00658. The van der Waals surface area contributed by atoms with Gasteiger partial charge in [0.15, 0.2) is 0 Å². The Morgan fingerprint density at radius 3 is 2.33 bits per heavy atom. The van der Waals surface area contributed by atoms with Gasteiger partial charge >= 0.3 is 12.1 Å². The highest BCUT2D eigenvalue weighted by Gasteiger charge is 2.29. The van der Waals surface area contributed by atoms with Gasteiger partial charge in [-0.05, 0) is 41.5 Å². The summed E-state index contributed by atoms with van der Waals surface area (Å²) in [6, 6.07) is 16.1. The fourth-order valence-electron chi connectivity index (χ4n) is 4.56. The van der Waals surface area contributed by atoms with E-state index in [1.807, 2.05) is 30.3 Å². The van der Waals surface area contributed by atoms with Crippen molar-refractivity contribution >= 4 is 18.0 Å². The summed E-state index contributed by atoms with van der Waals surface area (Å²) in [6.45, 7) is 0.571. The molecule has 2 amide bonds. The molecular formula is C26H28N2O5. The maximum Gasteiger partial charge on any atom is 0.407 e. The van der Waals surface area contributed by atoms with Gasteiger partial charge in [-0.2, -0.15) is 0 Å². The van der Waals surface area contributed by atoms with Gasteiger partial charge in [-0.15, -0.1) is 0 Å². The van der Waals surface area contributed by atoms with E-state index in [2.05, 4.69) is 34.9 Å². The Morgan fingerprint density at radius 1 is 1.00 bits per heavy atom. The van der Waals surface area contributed by atoms with Gasteiger partial charge in [0.25, 0.3) is 0 Å². The van der Waals surface area contributed by atoms with Crippen molar-refractivity contribution in [3.8, 4) is 11.1 Å². The fourth-order valence-corrected chi connectivity index (χ4v) is 4.56. The van der Waals surface area contributed by atoms with Crippen LogP contribution in [-0.2, 0) is 14.3 Å². The van der Waals surface area contributed by atoms with Gasteiger partial charge < -0.3 is 20.5 Å². The van der Waals surface area contributed by atoms with Crippen LogP contribution in [0.4, 0.5) is 4.79 Å². The van der Waals surface area contributed by atoms with Crippen LogP contribution >= 0.6 is 0 Å². The van der Waals surface area contributed by atoms with Crippen molar-refractivity contribution in [1.82, 2.24) is 10.6 Å². The molecule has 2 atom stereocenters. The highest BCUT2D eigenvalue weighted by Crippen LogP contribution is 2.44. The van der Waals surface area contributed by atoms with Crippen LogP contribution in [0, 0.1) is 5.92 Å². The van der Waals surface area contributed by atoms with E-state index in [9.17, 15) is 14.4 Å². The number of hydrogen-bond donors (Lipinski definition) is 3. The van der Waals surface area contributed by atoms with Crippen LogP contribution in [0.1, 0.15) is 42.7 Å². The molecule has 0 heterocycles. The molecule has 2 aromatic carbocycles. The summed E-state index contributed by atoms with van der Waals surface area (Å²) in [4.78, 5) is 35.4. The van der Waals surface area contributed by atoms with Crippen molar-refractivity contribution in [2.24, 2.45) is 5.92 Å². The molecule has 2 aliphatic carbocycles. The number of carboxylic acid groups (broad SMARTS) is 1. The first-order valence-electron chi connectivity index (χ1n) is 11.3. The van der Waals surface area contributed by atoms with Crippen LogP contribution in [-0.4, -0.2) is 42.3 Å². The molecule has 0 fully saturated rings. The molecule has 2 aliphatic rings. The zero-order valence-electron chi connectivity index (χ0n) is 18.3. The number of alkyl carbamates (subject to hydrolysis) is 1. The van der Waals surface area contributed by atoms with E-state index in [-0.39, 0.29) is 30.9 Å². The van der Waals surface area contributed by atoms with E-state index in [4.69, 9.17) is 9.84 Å². The van der Waals surface area contributed by atoms with Crippen molar-refractivity contribution in [1.29, 1.82) is 0 Å². The lowest BCUT2D eigenvalue weighted by Crippen LogP contribution is -2.38. The molecule has 0 radical (unpaired) electrons. The summed E-state index contributed by atoms with van der Waals surface area (Å²) in [5.41, 5.74) is 4.67. The summed E-state index contributed by atoms with van der Waals surface area (Å²) in [5.74, 6) is -1.46. The van der Waals surface area contributed by atoms with Crippen molar-refractivity contribution < 1.29 is 24.2 Å². The first-order chi connectivity index (χ1) is 16.0. The summed E-state index contributed by atoms with van der Waals surface area (Å²) in [5, 5.41) is 14.7. The molecule has 0 saturated heterocycles. The van der Waals surface area contributed by atoms with E-state index < -0.39 is 18.0 Å². The van der Waals surface area contributed by atoms with Crippen molar-refractivity contribution in [2.75, 3.05) is 13.2 Å². The summed E-state index contributed by atoms with van der Waals surface area (Å²) >= 11 is 0. The molecule has 0 aliphatic heterocycles. The van der Waals surface area contributed by atoms with Crippen molar-refractivity contribution in [2.45, 2.75) is 37.6 Å². The SMILES string of the molecule is O=C(CCCNC(=O)OCC1c2ccccc2-c2ccccc21)N[C@@H]1C=CC[C@@H](C(=O)O)C1. The summed E-state index contributed by atoms with van der Waals surface area (Å²) < 4.78 is 5.49. The third-order valence-electron chi connectivity index (χ3n) is 6.22. The zero-order chi connectivity index (χ0) is 23.2. The lowest BCUT2D eigenvalue weighted by Gasteiger charge is -2.22. The van der Waals surface area contributed by atoms with Gasteiger partial charge in [-0.25, -0.2) is 4.79 Å². The van der Waals surface area contributed by atoms with Gasteiger partial charge in [0.1, 0.15) is 6.61 Å². The molecule has 0 bridgehead atoms. The predicted molar refractivity (Wildman–Crippen MR) is 124 cm³/mol. The Kier molecular flexibility index (Phi) is 7.07. The minimum atomic E-state index is -0.842. The third-order valence-corrected chi connectivity index (χ3v) is 6.22. The van der Waals surface area contributed by atoms with Gasteiger partial charge in [0.05, 0.1) is 5.92 Å². The second-order valence-electron chi connectivity index (χ2n) is 8.46. The maximum atomic E-state index is 12.2. The quantitative estimate of drug-likeness (QED) is 0.420. The number of hydrogen-bond acceptors (Lipinski definition) is 4. The van der Waals surface area contributed by atoms with E-state index in [0.717, 1.165) is 11.1 Å². The van der Waals surface area contributed by atoms with Gasteiger partial charge in [-0.3, -0.25) is 9.59 Å². The zero-order valence-corrected chi connectivity index (χ0v) is 18.3. The van der Waals surface area contributed by atoms with Crippen LogP contribution < -0.4 is 10.6 Å². The number of ether oxygens (including phenoxy) is 1. The Bertz CT molecular complexity index is 1020. The van der Waals surface area contributed by atoms with Crippen molar-refractivity contribution in [3.05, 3.63) is 71.8 Å². The van der Waals surface area contributed by atoms with Crippen LogP contribution in [0.5, 0.6) is 0 Å². The molecular weight excluding hydrogens is 420 g/mol. The maximum absolute atomic E-state index is 12.2. The number of rotatable bonds is 8. The van der Waals surface area contributed by atoms with E-state index >= 15 is 0 Å². The first kappa shape index (κ1) is 22.6. The standard InChI is InChI=1S/C26H28N2O5/c29-24(28-18-8-5-7-17(15-18)25(30)31)13-6-14-27-26(32)33-16-23-21-11-3-1-9-19(21)20-10-2-4-12-22(20)23/h1-5,8-12,17-18,23H,6-7,13-16H2,(H,27,32)(H,28,29)(H,30,31)/t17-,18-/m1/s1. The van der Waals surface area contributed by atoms with Gasteiger partial charge in [0.2, 0.25) is 5.91 Å². The molecule has 2 aromatic rings. The monoisotopic (exact) mass is 448 g/mol. The minimum Gasteiger partial charge on any atom is -0.481 e. The van der Waals surface area contributed by atoms with Gasteiger partial charge in [0, 0.05) is 24.9 Å². The molecule has 3 N–H and O–H groups in total. The first-order valence-corrected chi connectivity index (χ1v) is 11.3. The number of nitrogens with one attached hydrogen (secondary N) is 2. The third kappa shape index (κ3) is 5.42. The topological polar surface area (TPSA) is 105 Å². The Hall–Kier alpha value is -3.61. The average molecular weight is 449 g/mol. The number of fused-ring (bicyclic) bond motifs is 3. The summed E-state index contributed by atoms with van der Waals surface area (Å²) in [6.07, 6.45) is 4.73. The highest BCUT2D eigenvalue weighted by atomic mass is 16.5. The molecule has 4 rings (SSSR count). The van der Waals surface area contributed by atoms with Crippen LogP contribution in [0.3, 0.4) is 0 Å². The smallest absolute Gasteiger partial charge is 0.407 e. The average Bonchev–Trinajstić information content (AvgIpc) is 3.14. The largest absolute Gasteiger partial charge is 0.481 e. The highest BCUT2D eigenvalue weighted by molar-refractivity contribution is 5.79. The van der Waals surface area contributed by atoms with Crippen LogP contribution in [0.15, 0.2) is 60.7 Å². The number of amides is 2. The number of carboxylic acids is 1. The predicted octanol–water partition coefficient (Wildman–Crippen LogP) is 3.84. The van der Waals surface area contributed by atoms with Gasteiger partial charge in [-0.1, -0.05) is 60.7 Å². The number of aliphatic carboxylic acids is 1. The van der Waals surface area contributed by atoms with E-state index in [1.54, 1.807) is 6.08 Å². The normalized spacial score (nSPS) is 18.8. The molecule has 33 heavy (non-hydrogen) atoms. The Labute approximate surface area is 192 Å². The van der Waals surface area contributed by atoms with Crippen LogP contribution in [0.25, 0.3) is 11.1 Å². The second-order valence-corrected chi connectivity index (χ2v) is 8.46.